The zero-order valence-corrected chi connectivity index (χ0v) is 82.3. The van der Waals surface area contributed by atoms with Gasteiger partial charge in [0, 0.05) is 57.3 Å². The van der Waals surface area contributed by atoms with E-state index in [-0.39, 0.29) is 112 Å². The number of Topliss-reactive ketones (excluding diaryl/α,β-unsaturated/α-hetero) is 3. The van der Waals surface area contributed by atoms with Crippen LogP contribution < -0.4 is 0 Å². The van der Waals surface area contributed by atoms with Gasteiger partial charge in [-0.15, -0.1) is 24.2 Å². The van der Waals surface area contributed by atoms with Gasteiger partial charge in [0.1, 0.15) is 51.2 Å². The molecule has 0 spiro atoms. The van der Waals surface area contributed by atoms with Crippen molar-refractivity contribution in [2.24, 2.45) is 29.6 Å². The summed E-state index contributed by atoms with van der Waals surface area (Å²) in [6.07, 6.45) is 71.0. The maximum absolute atomic E-state index is 13.2. The van der Waals surface area contributed by atoms with Crippen LogP contribution in [0.3, 0.4) is 0 Å². The van der Waals surface area contributed by atoms with Gasteiger partial charge in [0.05, 0.1) is 6.10 Å². The molecule has 16 nitrogen and oxygen atoms in total. The van der Waals surface area contributed by atoms with Gasteiger partial charge in [-0.1, -0.05) is 417 Å². The summed E-state index contributed by atoms with van der Waals surface area (Å²) >= 11 is 0. The Morgan fingerprint density at radius 2 is 0.770 bits per heavy atom. The summed E-state index contributed by atoms with van der Waals surface area (Å²) < 4.78 is 21.2. The lowest BCUT2D eigenvalue weighted by atomic mass is 9.80. The number of benzene rings is 4. The van der Waals surface area contributed by atoms with Gasteiger partial charge in [-0.25, -0.2) is 0 Å². The van der Waals surface area contributed by atoms with Crippen LogP contribution in [0.2, 0.25) is 0 Å². The standard InChI is InChI=1S/C30H38O5.C17H16O4.C15H28O3.3C13H22O.C10H18.C3H4O.4CH4.CH3/c1-2-3-4-5-6-13-18-25-26(19-20-27(25)31)28(29(32)34-21-23-14-9-7-10-15-23)30(33)35-22-24-16-11-8-12-17-24;18-16(20-12-14-7-3-1-4-8-14)11-17(19)21-13-15-9-5-2-6-10-15;1-2-3-4-5-6-7-8-13-12(11-15(17)18)9-10-14(13)16;2*1-2-3-4-5-6-7-9-12-10-8-11-13(12)14;1-2-3-4-5-6-7-8-9-10-11-12-13-14;1-3-5-7-9-10-8-6-4-2;1-2-3-4;;;;;/h7-12,14-17,25-26,28H,2-6,13,18-22H2,1H3;1-10H,11-13H2;12-14,16H,2-11H2,1H3,(H,17,18);2*10H,2-9,11H2,1H3;13H,2-8,11-12H2,1H3;1H,4-10H2,2H3;2-3H,1H2;4*1H4;1H3/q;;;;;;;;;;;;-1. The number of unbranched alkanes of at least 4 members (excludes halogenated alkanes) is 33. The largest absolute Gasteiger partial charge is 0.481 e. The highest BCUT2D eigenvalue weighted by Crippen LogP contribution is 2.41. The predicted molar refractivity (Wildman–Crippen MR) is 563 cm³/mol. The van der Waals surface area contributed by atoms with Crippen molar-refractivity contribution in [1.82, 2.24) is 0 Å². The van der Waals surface area contributed by atoms with Gasteiger partial charge in [-0.05, 0) is 141 Å². The van der Waals surface area contributed by atoms with Crippen molar-refractivity contribution in [2.75, 3.05) is 0 Å². The average Bonchev–Trinajstić information content (AvgIpc) is 1.67. The second kappa shape index (κ2) is 96.6. The Morgan fingerprint density at radius 3 is 1.11 bits per heavy atom. The number of ether oxygens (including phenoxy) is 4. The minimum Gasteiger partial charge on any atom is -0.481 e. The number of aliphatic carboxylic acids is 1. The quantitative estimate of drug-likeness (QED) is 0.00609. The van der Waals surface area contributed by atoms with E-state index in [4.69, 9.17) is 35.3 Å². The lowest BCUT2D eigenvalue weighted by Crippen LogP contribution is -2.37. The normalized spacial score (nSPS) is 14.9. The van der Waals surface area contributed by atoms with E-state index in [0.29, 0.717) is 43.5 Å². The van der Waals surface area contributed by atoms with Crippen LogP contribution in [0, 0.1) is 61.2 Å². The van der Waals surface area contributed by atoms with Crippen LogP contribution in [0.5, 0.6) is 0 Å². The van der Waals surface area contributed by atoms with E-state index in [0.717, 1.165) is 142 Å². The number of hydrogen-bond donors (Lipinski definition) is 2. The highest BCUT2D eigenvalue weighted by molar-refractivity contribution is 5.98. The van der Waals surface area contributed by atoms with Crippen molar-refractivity contribution >= 4 is 59.8 Å². The summed E-state index contributed by atoms with van der Waals surface area (Å²) in [6, 6.07) is 37.4. The summed E-state index contributed by atoms with van der Waals surface area (Å²) in [5.41, 5.74) is 5.68. The number of aliphatic hydroxyl groups is 1. The number of terminal acetylenes is 1. The molecular weight excluding hydrogens is 1690 g/mol. The Labute approximate surface area is 823 Å². The number of esters is 4. The summed E-state index contributed by atoms with van der Waals surface area (Å²) in [6.45, 7) is 17.0. The van der Waals surface area contributed by atoms with Crippen molar-refractivity contribution in [1.29, 1.82) is 0 Å². The van der Waals surface area contributed by atoms with Crippen LogP contribution in [0.4, 0.5) is 0 Å². The lowest BCUT2D eigenvalue weighted by molar-refractivity contribution is -0.167. The Hall–Kier alpha value is -9.12. The van der Waals surface area contributed by atoms with Gasteiger partial charge < -0.3 is 41.4 Å². The monoisotopic (exact) mass is 1870 g/mol. The van der Waals surface area contributed by atoms with E-state index in [1.165, 1.54) is 212 Å². The fourth-order valence-corrected chi connectivity index (χ4v) is 16.1. The molecule has 0 aromatic heterocycles. The fraction of sp³-hybridized carbons (Fsp3) is 0.622. The topological polar surface area (TPSA) is 248 Å². The molecule has 0 aliphatic heterocycles. The Balaban J connectivity index is -0.000000499. The number of allylic oxidation sites excluding steroid dienone is 5. The molecule has 5 unspecified atom stereocenters. The van der Waals surface area contributed by atoms with Crippen molar-refractivity contribution in [3.8, 4) is 24.2 Å². The molecule has 0 radical (unpaired) electrons. The first kappa shape index (κ1) is 134. The van der Waals surface area contributed by atoms with Crippen LogP contribution >= 0.6 is 0 Å². The number of hydrogen-bond acceptors (Lipinski definition) is 15. The Kier molecular flexibility index (Phi) is 96.1. The summed E-state index contributed by atoms with van der Waals surface area (Å²) in [4.78, 5) is 115. The minimum absolute atomic E-state index is 0. The van der Waals surface area contributed by atoms with Gasteiger partial charge in [-0.2, -0.15) is 0 Å². The molecule has 4 aromatic rings. The first-order chi connectivity index (χ1) is 63.4. The molecule has 0 bridgehead atoms. The van der Waals surface area contributed by atoms with Crippen LogP contribution in [0.1, 0.15) is 440 Å². The molecule has 135 heavy (non-hydrogen) atoms. The summed E-state index contributed by atoms with van der Waals surface area (Å²) in [5, 5.41) is 18.8. The van der Waals surface area contributed by atoms with Crippen LogP contribution in [-0.4, -0.2) is 76.1 Å². The molecule has 5 atom stereocenters. The van der Waals surface area contributed by atoms with Gasteiger partial charge in [0.25, 0.3) is 0 Å². The van der Waals surface area contributed by atoms with Gasteiger partial charge in [0.2, 0.25) is 0 Å². The molecule has 2 N–H and O–H groups in total. The van der Waals surface area contributed by atoms with Crippen molar-refractivity contribution in [2.45, 2.75) is 451 Å². The molecule has 762 valence electrons. The zero-order chi connectivity index (χ0) is 95.2. The number of carbonyl (C=O) groups excluding carboxylic acids is 9. The number of aliphatic hydroxyl groups excluding tert-OH is 1. The van der Waals surface area contributed by atoms with Gasteiger partial charge in [0.15, 0.2) is 17.5 Å². The SMILES string of the molecule is C.C.C.C.C#CCCCCCCCC.C=CC=O.CCCCCCCCC#CCCC=O.CCCCCCCCC1=CCCC1=O.CCCCCCCCC1=CCCC1=O.CCCCCCCCC1C(=O)CCC1C(C(=O)OCc1ccccc1)C(=O)OCc1ccccc1.CCCCCCCCC1C(O)CCC1CC(=O)O.O=C(CC(=O)OCc1ccccc1)OCc1ccccc1.[CH3-]. The maximum Gasteiger partial charge on any atom is 0.320 e. The van der Waals surface area contributed by atoms with Crippen LogP contribution in [0.15, 0.2) is 157 Å². The highest BCUT2D eigenvalue weighted by atomic mass is 16.6. The molecule has 0 amide bonds. The second-order valence-corrected chi connectivity index (χ2v) is 34.8. The van der Waals surface area contributed by atoms with Crippen molar-refractivity contribution in [3.63, 3.8) is 0 Å². The predicted octanol–water partition coefficient (Wildman–Crippen LogP) is 31.4. The third kappa shape index (κ3) is 73.8. The lowest BCUT2D eigenvalue weighted by Gasteiger charge is -2.25. The second-order valence-electron chi connectivity index (χ2n) is 34.8. The minimum atomic E-state index is -1.08. The zero-order valence-electron chi connectivity index (χ0n) is 82.3. The van der Waals surface area contributed by atoms with Crippen LogP contribution in [0.25, 0.3) is 0 Å². The molecular formula is C119H189O16-. The molecule has 2 fully saturated rings. The first-order valence-electron chi connectivity index (χ1n) is 50.5. The maximum atomic E-state index is 13.2. The number of aldehydes is 2. The molecule has 0 heterocycles. The number of carboxylic acids is 1. The third-order valence-corrected chi connectivity index (χ3v) is 23.7. The first-order valence-corrected chi connectivity index (χ1v) is 50.5. The highest BCUT2D eigenvalue weighted by Gasteiger charge is 2.47. The van der Waals surface area contributed by atoms with Crippen molar-refractivity contribution < 1.29 is 77.1 Å². The molecule has 8 rings (SSSR count). The number of carboxylic acid groups (broad SMARTS) is 1. The Bertz CT molecular complexity index is 3570. The van der Waals surface area contributed by atoms with E-state index in [1.54, 1.807) is 0 Å². The van der Waals surface area contributed by atoms with Gasteiger partial charge in [-0.3, -0.25) is 43.2 Å². The molecule has 0 saturated heterocycles. The fourth-order valence-electron chi connectivity index (χ4n) is 16.1. The molecule has 4 aromatic carbocycles. The van der Waals surface area contributed by atoms with E-state index in [2.05, 4.69) is 78.0 Å². The number of carbonyl (C=O) groups is 10. The average molecular weight is 1880 g/mol. The summed E-state index contributed by atoms with van der Waals surface area (Å²) in [7, 11) is 0. The van der Waals surface area contributed by atoms with Crippen molar-refractivity contribution in [3.05, 3.63) is 187 Å². The molecule has 4 aliphatic rings. The molecule has 16 heteroatoms. The molecule has 2 saturated carbocycles. The number of rotatable bonds is 58. The third-order valence-electron chi connectivity index (χ3n) is 23.7. The van der Waals surface area contributed by atoms with E-state index >= 15 is 0 Å². The van der Waals surface area contributed by atoms with E-state index in [9.17, 15) is 48.3 Å². The number of ketones is 3. The summed E-state index contributed by atoms with van der Waals surface area (Å²) in [5.74, 6) is 5.32. The van der Waals surface area contributed by atoms with Gasteiger partial charge >= 0.3 is 29.8 Å². The van der Waals surface area contributed by atoms with E-state index < -0.39 is 35.8 Å². The Morgan fingerprint density at radius 1 is 0.437 bits per heavy atom. The van der Waals surface area contributed by atoms with Crippen LogP contribution in [-0.2, 0) is 93.3 Å². The smallest absolute Gasteiger partial charge is 0.320 e. The molecule has 4 aliphatic carbocycles. The van der Waals surface area contributed by atoms with E-state index in [1.807, 2.05) is 121 Å².